The number of hydrogen-bond donors (Lipinski definition) is 2. The van der Waals surface area contributed by atoms with Gasteiger partial charge in [-0.05, 0) is 30.5 Å². The Morgan fingerprint density at radius 1 is 1.47 bits per heavy atom. The summed E-state index contributed by atoms with van der Waals surface area (Å²) in [5.74, 6) is -0.512. The lowest BCUT2D eigenvalue weighted by atomic mass is 9.98. The van der Waals surface area contributed by atoms with Gasteiger partial charge in [-0.3, -0.25) is 4.79 Å². The Hall–Kier alpha value is -1.13. The number of amides is 1. The number of hydrogen-bond acceptors (Lipinski definition) is 2. The minimum absolute atomic E-state index is 0.107. The molecule has 19 heavy (non-hydrogen) atoms. The van der Waals surface area contributed by atoms with Crippen LogP contribution in [-0.2, 0) is 4.79 Å². The lowest BCUT2D eigenvalue weighted by molar-refractivity contribution is -0.124. The Labute approximate surface area is 118 Å². The summed E-state index contributed by atoms with van der Waals surface area (Å²) < 4.78 is 13.0. The average molecular weight is 287 g/mol. The van der Waals surface area contributed by atoms with Crippen LogP contribution in [0.3, 0.4) is 0 Å². The van der Waals surface area contributed by atoms with Gasteiger partial charge in [-0.25, -0.2) is 4.39 Å². The van der Waals surface area contributed by atoms with Crippen molar-refractivity contribution in [1.29, 1.82) is 0 Å². The Kier molecular flexibility index (Phi) is 5.76. The minimum atomic E-state index is -0.549. The highest BCUT2D eigenvalue weighted by molar-refractivity contribution is 6.31. The van der Waals surface area contributed by atoms with Crippen LogP contribution in [0.4, 0.5) is 4.39 Å². The molecule has 3 atom stereocenters. The van der Waals surface area contributed by atoms with Crippen molar-refractivity contribution in [2.24, 2.45) is 11.7 Å². The summed E-state index contributed by atoms with van der Waals surface area (Å²) in [5.41, 5.74) is 6.53. The molecule has 1 aromatic carbocycles. The summed E-state index contributed by atoms with van der Waals surface area (Å²) in [4.78, 5) is 12.0. The maximum Gasteiger partial charge on any atom is 0.237 e. The predicted molar refractivity (Wildman–Crippen MR) is 75.4 cm³/mol. The number of carbonyl (C=O) groups is 1. The Bertz CT molecular complexity index is 453. The van der Waals surface area contributed by atoms with E-state index < -0.39 is 11.9 Å². The van der Waals surface area contributed by atoms with Gasteiger partial charge in [-0.2, -0.15) is 0 Å². The molecule has 0 aliphatic heterocycles. The molecule has 0 spiro atoms. The van der Waals surface area contributed by atoms with Gasteiger partial charge in [-0.15, -0.1) is 0 Å². The normalized spacial score (nSPS) is 15.7. The van der Waals surface area contributed by atoms with Crippen molar-refractivity contribution in [3.05, 3.63) is 34.6 Å². The highest BCUT2D eigenvalue weighted by atomic mass is 35.5. The third kappa shape index (κ3) is 4.18. The number of nitrogens with one attached hydrogen (secondary N) is 1. The maximum absolute atomic E-state index is 13.0. The highest BCUT2D eigenvalue weighted by Gasteiger charge is 2.22. The third-order valence-electron chi connectivity index (χ3n) is 3.35. The topological polar surface area (TPSA) is 55.1 Å². The van der Waals surface area contributed by atoms with Gasteiger partial charge in [0, 0.05) is 5.02 Å². The lowest BCUT2D eigenvalue weighted by Crippen LogP contribution is -2.45. The Balaban J connectivity index is 2.74. The molecule has 0 aromatic heterocycles. The van der Waals surface area contributed by atoms with Crippen LogP contribution in [0, 0.1) is 11.7 Å². The molecular weight excluding hydrogens is 267 g/mol. The smallest absolute Gasteiger partial charge is 0.237 e. The summed E-state index contributed by atoms with van der Waals surface area (Å²) in [6.45, 7) is 5.71. The molecule has 0 heterocycles. The van der Waals surface area contributed by atoms with Crippen LogP contribution in [0.2, 0.25) is 5.02 Å². The average Bonchev–Trinajstić information content (AvgIpc) is 2.36. The summed E-state index contributed by atoms with van der Waals surface area (Å²) >= 11 is 5.95. The van der Waals surface area contributed by atoms with Gasteiger partial charge < -0.3 is 11.1 Å². The molecule has 0 radical (unpaired) electrons. The van der Waals surface area contributed by atoms with Crippen molar-refractivity contribution in [1.82, 2.24) is 5.32 Å². The fourth-order valence-electron chi connectivity index (χ4n) is 1.75. The van der Waals surface area contributed by atoms with Crippen molar-refractivity contribution in [2.45, 2.75) is 39.3 Å². The van der Waals surface area contributed by atoms with Gasteiger partial charge in [0.25, 0.3) is 0 Å². The van der Waals surface area contributed by atoms with E-state index in [-0.39, 0.29) is 17.9 Å². The van der Waals surface area contributed by atoms with Gasteiger partial charge in [0.05, 0.1) is 12.1 Å². The summed E-state index contributed by atoms with van der Waals surface area (Å²) in [7, 11) is 0. The van der Waals surface area contributed by atoms with E-state index in [9.17, 15) is 9.18 Å². The van der Waals surface area contributed by atoms with Crippen LogP contribution in [0.25, 0.3) is 0 Å². The molecule has 0 fully saturated rings. The zero-order valence-corrected chi connectivity index (χ0v) is 12.2. The molecule has 0 aliphatic rings. The van der Waals surface area contributed by atoms with E-state index in [0.717, 1.165) is 6.42 Å². The van der Waals surface area contributed by atoms with Crippen LogP contribution in [0.5, 0.6) is 0 Å². The number of carbonyl (C=O) groups excluding carboxylic acids is 1. The number of benzene rings is 1. The van der Waals surface area contributed by atoms with Crippen molar-refractivity contribution < 1.29 is 9.18 Å². The van der Waals surface area contributed by atoms with Gasteiger partial charge in [0.2, 0.25) is 5.91 Å². The Morgan fingerprint density at radius 2 is 2.11 bits per heavy atom. The van der Waals surface area contributed by atoms with Crippen molar-refractivity contribution in [3.8, 4) is 0 Å². The van der Waals surface area contributed by atoms with E-state index in [1.165, 1.54) is 12.1 Å². The van der Waals surface area contributed by atoms with Crippen LogP contribution in [-0.4, -0.2) is 11.9 Å². The first kappa shape index (κ1) is 15.9. The van der Waals surface area contributed by atoms with Crippen molar-refractivity contribution >= 4 is 17.5 Å². The molecule has 1 rings (SSSR count). The highest BCUT2D eigenvalue weighted by Crippen LogP contribution is 2.23. The van der Waals surface area contributed by atoms with Gasteiger partial charge in [0.1, 0.15) is 5.82 Å². The summed E-state index contributed by atoms with van der Waals surface area (Å²) in [6.07, 6.45) is 0.834. The van der Waals surface area contributed by atoms with Crippen molar-refractivity contribution in [2.75, 3.05) is 0 Å². The maximum atomic E-state index is 13.0. The monoisotopic (exact) mass is 286 g/mol. The number of nitrogens with two attached hydrogens (primary N) is 1. The largest absolute Gasteiger partial charge is 0.348 e. The molecule has 3 N–H and O–H groups in total. The minimum Gasteiger partial charge on any atom is -0.348 e. The number of halogens is 2. The van der Waals surface area contributed by atoms with E-state index in [1.54, 1.807) is 13.0 Å². The first-order chi connectivity index (χ1) is 8.86. The molecule has 106 valence electrons. The van der Waals surface area contributed by atoms with Crippen LogP contribution < -0.4 is 11.1 Å². The first-order valence-corrected chi connectivity index (χ1v) is 6.75. The third-order valence-corrected chi connectivity index (χ3v) is 3.67. The van der Waals surface area contributed by atoms with Gasteiger partial charge in [0.15, 0.2) is 0 Å². The first-order valence-electron chi connectivity index (χ1n) is 6.37. The van der Waals surface area contributed by atoms with Gasteiger partial charge >= 0.3 is 0 Å². The standard InChI is InChI=1S/C14H20ClFN2O/c1-4-8(2)13(17)14(19)18-9(3)11-6-5-10(16)7-12(11)15/h5-9,13H,4,17H2,1-3H3,(H,18,19). The molecule has 5 heteroatoms. The van der Waals surface area contributed by atoms with Crippen LogP contribution >= 0.6 is 11.6 Å². The van der Waals surface area contributed by atoms with E-state index in [2.05, 4.69) is 5.32 Å². The Morgan fingerprint density at radius 3 is 2.63 bits per heavy atom. The molecule has 3 unspecified atom stereocenters. The van der Waals surface area contributed by atoms with Crippen molar-refractivity contribution in [3.63, 3.8) is 0 Å². The quantitative estimate of drug-likeness (QED) is 0.874. The molecule has 3 nitrogen and oxygen atoms in total. The van der Waals surface area contributed by atoms with Crippen LogP contribution in [0.1, 0.15) is 38.8 Å². The molecule has 0 bridgehead atoms. The second-order valence-corrected chi connectivity index (χ2v) is 5.21. The predicted octanol–water partition coefficient (Wildman–Crippen LogP) is 3.03. The molecule has 1 aromatic rings. The van der Waals surface area contributed by atoms with E-state index >= 15 is 0 Å². The SMILES string of the molecule is CCC(C)C(N)C(=O)NC(C)c1ccc(F)cc1Cl. The molecular formula is C14H20ClFN2O. The molecule has 0 saturated heterocycles. The zero-order chi connectivity index (χ0) is 14.6. The second kappa shape index (κ2) is 6.87. The fourth-order valence-corrected chi connectivity index (χ4v) is 2.08. The molecule has 0 saturated carbocycles. The molecule has 1 amide bonds. The van der Waals surface area contributed by atoms with E-state index in [1.807, 2.05) is 13.8 Å². The second-order valence-electron chi connectivity index (χ2n) is 4.81. The summed E-state index contributed by atoms with van der Waals surface area (Å²) in [6, 6.07) is 3.26. The van der Waals surface area contributed by atoms with E-state index in [4.69, 9.17) is 17.3 Å². The summed E-state index contributed by atoms with van der Waals surface area (Å²) in [5, 5.41) is 3.10. The van der Waals surface area contributed by atoms with Crippen LogP contribution in [0.15, 0.2) is 18.2 Å². The van der Waals surface area contributed by atoms with Gasteiger partial charge in [-0.1, -0.05) is 37.9 Å². The van der Waals surface area contributed by atoms with E-state index in [0.29, 0.717) is 10.6 Å². The fraction of sp³-hybridized carbons (Fsp3) is 0.500. The zero-order valence-electron chi connectivity index (χ0n) is 11.4. The number of rotatable bonds is 5. The lowest BCUT2D eigenvalue weighted by Gasteiger charge is -2.21. The molecule has 0 aliphatic carbocycles.